The van der Waals surface area contributed by atoms with Crippen LogP contribution in [0.2, 0.25) is 0 Å². The Hall–Kier alpha value is -3.12. The van der Waals surface area contributed by atoms with Gasteiger partial charge in [-0.2, -0.15) is 5.10 Å². The highest BCUT2D eigenvalue weighted by atomic mass is 32.2. The van der Waals surface area contributed by atoms with Gasteiger partial charge in [0.15, 0.2) is 0 Å². The predicted molar refractivity (Wildman–Crippen MR) is 129 cm³/mol. The minimum atomic E-state index is 0.583. The van der Waals surface area contributed by atoms with Crippen LogP contribution in [0.25, 0.3) is 16.9 Å². The van der Waals surface area contributed by atoms with E-state index in [9.17, 15) is 0 Å². The van der Waals surface area contributed by atoms with E-state index in [4.69, 9.17) is 10.1 Å². The fourth-order valence-electron chi connectivity index (χ4n) is 3.42. The summed E-state index contributed by atoms with van der Waals surface area (Å²) in [5.41, 5.74) is 6.24. The number of para-hydroxylation sites is 1. The van der Waals surface area contributed by atoms with Crippen LogP contribution in [0.15, 0.2) is 71.9 Å². The zero-order valence-corrected chi connectivity index (χ0v) is 19.0. The molecule has 4 rings (SSSR count). The smallest absolute Gasteiger partial charge is 0.227 e. The first-order valence-corrected chi connectivity index (χ1v) is 11.6. The zero-order valence-electron chi connectivity index (χ0n) is 18.2. The van der Waals surface area contributed by atoms with Crippen LogP contribution in [0.3, 0.4) is 0 Å². The average Bonchev–Trinajstić information content (AvgIpc) is 3.11. The number of aromatic nitrogens is 4. The van der Waals surface area contributed by atoms with Gasteiger partial charge in [-0.25, -0.2) is 14.6 Å². The number of aryl methyl sites for hydroxylation is 1. The van der Waals surface area contributed by atoms with Crippen molar-refractivity contribution in [2.45, 2.75) is 38.6 Å². The van der Waals surface area contributed by atoms with Crippen LogP contribution >= 0.6 is 11.8 Å². The summed E-state index contributed by atoms with van der Waals surface area (Å²) in [5.74, 6) is 1.62. The molecule has 4 aromatic rings. The summed E-state index contributed by atoms with van der Waals surface area (Å²) in [7, 11) is 0. The van der Waals surface area contributed by atoms with Crippen LogP contribution in [0.4, 0.5) is 11.6 Å². The van der Waals surface area contributed by atoms with Crippen molar-refractivity contribution in [3.63, 3.8) is 0 Å². The Labute approximate surface area is 188 Å². The topological polar surface area (TPSA) is 55.6 Å². The number of unbranched alkanes of at least 4 members (excludes halogenated alkanes) is 1. The number of anilines is 2. The molecule has 0 aliphatic rings. The summed E-state index contributed by atoms with van der Waals surface area (Å²) in [4.78, 5) is 9.27. The molecule has 0 fully saturated rings. The van der Waals surface area contributed by atoms with E-state index in [1.165, 1.54) is 12.0 Å². The van der Waals surface area contributed by atoms with Crippen LogP contribution in [0.5, 0.6) is 0 Å². The molecular weight excluding hydrogens is 402 g/mol. The number of hydrogen-bond donors (Lipinski definition) is 1. The van der Waals surface area contributed by atoms with E-state index >= 15 is 0 Å². The van der Waals surface area contributed by atoms with Crippen molar-refractivity contribution in [2.24, 2.45) is 0 Å². The first-order chi connectivity index (χ1) is 15.2. The van der Waals surface area contributed by atoms with Crippen molar-refractivity contribution < 1.29 is 0 Å². The molecule has 158 valence electrons. The fraction of sp³-hybridized carbons (Fsp3) is 0.240. The van der Waals surface area contributed by atoms with Crippen molar-refractivity contribution in [1.29, 1.82) is 0 Å². The number of benzene rings is 2. The first kappa shape index (κ1) is 21.1. The summed E-state index contributed by atoms with van der Waals surface area (Å²) in [5, 5.41) is 9.29. The van der Waals surface area contributed by atoms with Gasteiger partial charge >= 0.3 is 0 Å². The van der Waals surface area contributed by atoms with Gasteiger partial charge in [-0.3, -0.25) is 0 Å². The Morgan fingerprint density at radius 1 is 1.00 bits per heavy atom. The van der Waals surface area contributed by atoms with Crippen molar-refractivity contribution in [3.8, 4) is 16.9 Å². The second kappa shape index (κ2) is 9.79. The molecule has 0 aliphatic carbocycles. The number of nitrogens with one attached hydrogen (secondary N) is 1. The Kier molecular flexibility index (Phi) is 6.67. The Morgan fingerprint density at radius 2 is 1.84 bits per heavy atom. The maximum Gasteiger partial charge on any atom is 0.227 e. The summed E-state index contributed by atoms with van der Waals surface area (Å²) in [6.45, 7) is 6.39. The van der Waals surface area contributed by atoms with Crippen LogP contribution < -0.4 is 5.32 Å². The minimum Gasteiger partial charge on any atom is -0.324 e. The molecule has 2 heterocycles. The third-order valence-corrected chi connectivity index (χ3v) is 6.06. The highest BCUT2D eigenvalue weighted by molar-refractivity contribution is 7.99. The lowest BCUT2D eigenvalue weighted by atomic mass is 10.2. The average molecular weight is 430 g/mol. The molecule has 0 atom stereocenters. The summed E-state index contributed by atoms with van der Waals surface area (Å²) in [6.07, 6.45) is 4.13. The standard InChI is InChI=1S/C25H27N5S/c1-4-5-16-31-24-23(19(3)30(29-24)21-12-7-6-8-13-21)22-14-15-26-25(28-22)27-20-11-9-10-18(2)17-20/h6-15,17H,4-5,16H2,1-3H3,(H,26,27,28). The molecule has 2 aromatic heterocycles. The van der Waals surface area contributed by atoms with E-state index < -0.39 is 0 Å². The molecule has 5 nitrogen and oxygen atoms in total. The molecule has 0 bridgehead atoms. The highest BCUT2D eigenvalue weighted by Gasteiger charge is 2.19. The summed E-state index contributed by atoms with van der Waals surface area (Å²) < 4.78 is 2.01. The van der Waals surface area contributed by atoms with Gasteiger partial charge in [-0.1, -0.05) is 43.7 Å². The predicted octanol–water partition coefficient (Wildman–Crippen LogP) is 6.58. The molecule has 0 saturated carbocycles. The van der Waals surface area contributed by atoms with Gasteiger partial charge in [-0.15, -0.1) is 11.8 Å². The van der Waals surface area contributed by atoms with E-state index in [1.54, 1.807) is 18.0 Å². The van der Waals surface area contributed by atoms with Crippen LogP contribution in [0, 0.1) is 13.8 Å². The van der Waals surface area contributed by atoms with Gasteiger partial charge in [0.2, 0.25) is 5.95 Å². The zero-order chi connectivity index (χ0) is 21.6. The first-order valence-electron chi connectivity index (χ1n) is 10.6. The van der Waals surface area contributed by atoms with E-state index in [0.29, 0.717) is 5.95 Å². The number of nitrogens with zero attached hydrogens (tertiary/aromatic N) is 4. The fourth-order valence-corrected chi connectivity index (χ4v) is 4.58. The van der Waals surface area contributed by atoms with Gasteiger partial charge in [0.1, 0.15) is 5.03 Å². The van der Waals surface area contributed by atoms with Crippen molar-refractivity contribution in [3.05, 3.63) is 78.1 Å². The van der Waals surface area contributed by atoms with Crippen molar-refractivity contribution in [2.75, 3.05) is 11.1 Å². The van der Waals surface area contributed by atoms with Crippen LogP contribution in [-0.4, -0.2) is 25.5 Å². The lowest BCUT2D eigenvalue weighted by molar-refractivity contribution is 0.811. The molecule has 0 saturated heterocycles. The molecule has 31 heavy (non-hydrogen) atoms. The highest BCUT2D eigenvalue weighted by Crippen LogP contribution is 2.35. The normalized spacial score (nSPS) is 10.9. The Morgan fingerprint density at radius 3 is 2.61 bits per heavy atom. The van der Waals surface area contributed by atoms with Crippen molar-refractivity contribution in [1.82, 2.24) is 19.7 Å². The lowest BCUT2D eigenvalue weighted by Crippen LogP contribution is -2.00. The lowest BCUT2D eigenvalue weighted by Gasteiger charge is -2.08. The van der Waals surface area contributed by atoms with Gasteiger partial charge < -0.3 is 5.32 Å². The molecule has 6 heteroatoms. The van der Waals surface area contributed by atoms with Crippen LogP contribution in [-0.2, 0) is 0 Å². The second-order valence-corrected chi connectivity index (χ2v) is 8.56. The van der Waals surface area contributed by atoms with E-state index in [2.05, 4.69) is 55.3 Å². The number of thioether (sulfide) groups is 1. The number of rotatable bonds is 8. The largest absolute Gasteiger partial charge is 0.324 e. The molecule has 0 spiro atoms. The van der Waals surface area contributed by atoms with Crippen molar-refractivity contribution >= 4 is 23.4 Å². The maximum absolute atomic E-state index is 4.95. The quantitative estimate of drug-likeness (QED) is 0.253. The molecule has 0 unspecified atom stereocenters. The van der Waals surface area contributed by atoms with Gasteiger partial charge in [-0.05, 0) is 61.9 Å². The minimum absolute atomic E-state index is 0.583. The molecule has 1 N–H and O–H groups in total. The second-order valence-electron chi connectivity index (χ2n) is 7.47. The third-order valence-electron chi connectivity index (χ3n) is 5.01. The summed E-state index contributed by atoms with van der Waals surface area (Å²) in [6, 6.07) is 20.4. The monoisotopic (exact) mass is 429 g/mol. The van der Waals surface area contributed by atoms with Gasteiger partial charge in [0, 0.05) is 11.9 Å². The Bertz CT molecular complexity index is 1150. The van der Waals surface area contributed by atoms with E-state index in [0.717, 1.165) is 45.5 Å². The SMILES string of the molecule is CCCCSc1nn(-c2ccccc2)c(C)c1-c1ccnc(Nc2cccc(C)c2)n1. The molecule has 0 radical (unpaired) electrons. The molecule has 0 aliphatic heterocycles. The third kappa shape index (κ3) is 4.97. The van der Waals surface area contributed by atoms with Crippen LogP contribution in [0.1, 0.15) is 31.0 Å². The van der Waals surface area contributed by atoms with Gasteiger partial charge in [0.05, 0.1) is 22.6 Å². The van der Waals surface area contributed by atoms with E-state index in [-0.39, 0.29) is 0 Å². The van der Waals surface area contributed by atoms with Gasteiger partial charge in [0.25, 0.3) is 0 Å². The maximum atomic E-state index is 4.95. The molecule has 2 aromatic carbocycles. The van der Waals surface area contributed by atoms with E-state index in [1.807, 2.05) is 41.1 Å². The molecule has 0 amide bonds. The number of hydrogen-bond acceptors (Lipinski definition) is 5. The summed E-state index contributed by atoms with van der Waals surface area (Å²) >= 11 is 1.80. The Balaban J connectivity index is 1.73. The molecular formula is C25H27N5S.